The standard InChI is InChI=1S/C30H31FN2O4/c1-36-30(35)20-7-9-25-26(17-20)33-18-22(29(34)32-11-13-37-14-12-32)15-21-16-23(31)8-10-24(21)28(33)27(25)19-5-3-2-4-6-19/h7-10,15-17,19H,2-6,11-14,18H2,1H3. The Morgan fingerprint density at radius 3 is 2.57 bits per heavy atom. The van der Waals surface area contributed by atoms with Gasteiger partial charge in [-0.2, -0.15) is 0 Å². The van der Waals surface area contributed by atoms with Gasteiger partial charge in [0.2, 0.25) is 0 Å². The van der Waals surface area contributed by atoms with Gasteiger partial charge in [0.25, 0.3) is 5.91 Å². The van der Waals surface area contributed by atoms with E-state index in [4.69, 9.17) is 9.47 Å². The fourth-order valence-electron chi connectivity index (χ4n) is 6.25. The number of hydrogen-bond acceptors (Lipinski definition) is 4. The van der Waals surface area contributed by atoms with Crippen LogP contribution < -0.4 is 0 Å². The predicted octanol–water partition coefficient (Wildman–Crippen LogP) is 5.54. The van der Waals surface area contributed by atoms with E-state index in [0.717, 1.165) is 35.0 Å². The van der Waals surface area contributed by atoms with Crippen LogP contribution in [0.4, 0.5) is 4.39 Å². The highest BCUT2D eigenvalue weighted by molar-refractivity contribution is 6.03. The molecule has 6 rings (SSSR count). The first-order chi connectivity index (χ1) is 18.0. The highest BCUT2D eigenvalue weighted by Crippen LogP contribution is 2.46. The van der Waals surface area contributed by atoms with E-state index in [1.807, 2.05) is 35.2 Å². The van der Waals surface area contributed by atoms with Crippen molar-refractivity contribution in [1.29, 1.82) is 0 Å². The molecule has 1 amide bonds. The van der Waals surface area contributed by atoms with Gasteiger partial charge in [-0.05, 0) is 66.3 Å². The summed E-state index contributed by atoms with van der Waals surface area (Å²) in [6.07, 6.45) is 7.61. The molecule has 192 valence electrons. The van der Waals surface area contributed by atoms with Crippen LogP contribution >= 0.6 is 0 Å². The molecule has 0 atom stereocenters. The molecule has 2 aliphatic heterocycles. The molecule has 2 fully saturated rings. The molecule has 1 aliphatic carbocycles. The third kappa shape index (κ3) is 4.25. The fraction of sp³-hybridized carbons (Fsp3) is 0.400. The van der Waals surface area contributed by atoms with Gasteiger partial charge in [0.15, 0.2) is 0 Å². The molecule has 6 nitrogen and oxygen atoms in total. The van der Waals surface area contributed by atoms with E-state index in [-0.39, 0.29) is 11.7 Å². The zero-order valence-electron chi connectivity index (χ0n) is 21.1. The number of nitrogens with zero attached hydrogens (tertiary/aromatic N) is 2. The molecule has 7 heteroatoms. The normalized spacial score (nSPS) is 18.1. The number of amides is 1. The first-order valence-corrected chi connectivity index (χ1v) is 13.2. The molecule has 0 radical (unpaired) electrons. The third-order valence-electron chi connectivity index (χ3n) is 8.04. The number of methoxy groups -OCH3 is 1. The zero-order chi connectivity index (χ0) is 25.5. The van der Waals surface area contributed by atoms with Crippen molar-refractivity contribution >= 4 is 28.9 Å². The molecule has 1 aromatic heterocycles. The van der Waals surface area contributed by atoms with Gasteiger partial charge in [-0.25, -0.2) is 9.18 Å². The average Bonchev–Trinajstić information content (AvgIpc) is 3.15. The quantitative estimate of drug-likeness (QED) is 0.442. The number of benzene rings is 2. The minimum absolute atomic E-state index is 0.0587. The number of carbonyl (C=O) groups excluding carboxylic acids is 2. The van der Waals surface area contributed by atoms with Crippen molar-refractivity contribution in [3.05, 3.63) is 64.5 Å². The Bertz CT molecular complexity index is 1410. The molecule has 1 saturated carbocycles. The number of rotatable bonds is 3. The molecule has 2 aromatic carbocycles. The molecule has 37 heavy (non-hydrogen) atoms. The monoisotopic (exact) mass is 502 g/mol. The number of ether oxygens (including phenoxy) is 2. The second-order valence-corrected chi connectivity index (χ2v) is 10.2. The van der Waals surface area contributed by atoms with Crippen LogP contribution in [0.25, 0.3) is 28.2 Å². The first-order valence-electron chi connectivity index (χ1n) is 13.2. The molecular weight excluding hydrogens is 471 g/mol. The highest BCUT2D eigenvalue weighted by atomic mass is 19.1. The Hall–Kier alpha value is -3.45. The van der Waals surface area contributed by atoms with E-state index < -0.39 is 5.97 Å². The summed E-state index contributed by atoms with van der Waals surface area (Å²) >= 11 is 0. The molecule has 3 aliphatic rings. The lowest BCUT2D eigenvalue weighted by Crippen LogP contribution is -2.41. The minimum atomic E-state index is -0.395. The third-order valence-corrected chi connectivity index (χ3v) is 8.04. The molecule has 0 spiro atoms. The molecule has 3 aromatic rings. The average molecular weight is 503 g/mol. The number of aromatic nitrogens is 1. The van der Waals surface area contributed by atoms with E-state index >= 15 is 0 Å². The Morgan fingerprint density at radius 2 is 1.81 bits per heavy atom. The Morgan fingerprint density at radius 1 is 1.03 bits per heavy atom. The van der Waals surface area contributed by atoms with Crippen LogP contribution in [-0.2, 0) is 20.8 Å². The highest BCUT2D eigenvalue weighted by Gasteiger charge is 2.31. The second-order valence-electron chi connectivity index (χ2n) is 10.2. The van der Waals surface area contributed by atoms with Gasteiger partial charge >= 0.3 is 5.97 Å². The largest absolute Gasteiger partial charge is 0.465 e. The lowest BCUT2D eigenvalue weighted by molar-refractivity contribution is -0.131. The molecule has 1 saturated heterocycles. The smallest absolute Gasteiger partial charge is 0.337 e. The van der Waals surface area contributed by atoms with Gasteiger partial charge in [0.05, 0.1) is 38.1 Å². The van der Waals surface area contributed by atoms with E-state index in [0.29, 0.717) is 55.5 Å². The number of carbonyl (C=O) groups is 2. The van der Waals surface area contributed by atoms with Crippen LogP contribution in [0.3, 0.4) is 0 Å². The van der Waals surface area contributed by atoms with Gasteiger partial charge in [-0.1, -0.05) is 25.3 Å². The molecule has 3 heterocycles. The summed E-state index contributed by atoms with van der Waals surface area (Å²) in [7, 11) is 1.38. The summed E-state index contributed by atoms with van der Waals surface area (Å²) in [6, 6.07) is 10.6. The van der Waals surface area contributed by atoms with Crippen molar-refractivity contribution in [1.82, 2.24) is 9.47 Å². The van der Waals surface area contributed by atoms with Gasteiger partial charge in [0.1, 0.15) is 5.82 Å². The first kappa shape index (κ1) is 23.9. The van der Waals surface area contributed by atoms with Crippen molar-refractivity contribution in [2.45, 2.75) is 44.6 Å². The molecular formula is C30H31FN2O4. The van der Waals surface area contributed by atoms with E-state index in [1.165, 1.54) is 44.1 Å². The summed E-state index contributed by atoms with van der Waals surface area (Å²) in [5.74, 6) is -0.416. The summed E-state index contributed by atoms with van der Waals surface area (Å²) in [4.78, 5) is 28.0. The maximum absolute atomic E-state index is 14.5. The van der Waals surface area contributed by atoms with E-state index in [1.54, 1.807) is 0 Å². The molecule has 0 N–H and O–H groups in total. The Labute approximate surface area is 215 Å². The van der Waals surface area contributed by atoms with Crippen LogP contribution in [0, 0.1) is 5.82 Å². The number of hydrogen-bond donors (Lipinski definition) is 0. The van der Waals surface area contributed by atoms with Gasteiger partial charge in [-0.3, -0.25) is 4.79 Å². The van der Waals surface area contributed by atoms with Gasteiger partial charge in [-0.15, -0.1) is 0 Å². The number of morpholine rings is 1. The maximum atomic E-state index is 14.5. The van der Waals surface area contributed by atoms with Crippen LogP contribution in [0.15, 0.2) is 42.0 Å². The SMILES string of the molecule is COC(=O)c1ccc2c(C3CCCCC3)c3n(c2c1)CC(C(=O)N1CCOCC1)=Cc1cc(F)ccc1-3. The van der Waals surface area contributed by atoms with Gasteiger partial charge in [0, 0.05) is 35.1 Å². The Kier molecular flexibility index (Phi) is 6.32. The number of esters is 1. The topological polar surface area (TPSA) is 60.8 Å². The lowest BCUT2D eigenvalue weighted by atomic mass is 9.81. The number of fused-ring (bicyclic) bond motifs is 5. The minimum Gasteiger partial charge on any atom is -0.465 e. The van der Waals surface area contributed by atoms with Crippen molar-refractivity contribution in [2.24, 2.45) is 0 Å². The Balaban J connectivity index is 1.60. The summed E-state index contributed by atoms with van der Waals surface area (Å²) in [5, 5.41) is 1.09. The zero-order valence-corrected chi connectivity index (χ0v) is 21.1. The summed E-state index contributed by atoms with van der Waals surface area (Å²) < 4.78 is 27.2. The maximum Gasteiger partial charge on any atom is 0.337 e. The van der Waals surface area contributed by atoms with Crippen LogP contribution in [0.2, 0.25) is 0 Å². The lowest BCUT2D eigenvalue weighted by Gasteiger charge is -2.28. The summed E-state index contributed by atoms with van der Waals surface area (Å²) in [5.41, 5.74) is 5.87. The van der Waals surface area contributed by atoms with Gasteiger partial charge < -0.3 is 18.9 Å². The summed E-state index contributed by atoms with van der Waals surface area (Å²) in [6.45, 7) is 2.43. The van der Waals surface area contributed by atoms with E-state index in [9.17, 15) is 14.0 Å². The van der Waals surface area contributed by atoms with Crippen molar-refractivity contribution in [3.63, 3.8) is 0 Å². The molecule has 0 unspecified atom stereocenters. The van der Waals surface area contributed by atoms with Crippen LogP contribution in [0.1, 0.15) is 59.5 Å². The fourth-order valence-corrected chi connectivity index (χ4v) is 6.25. The number of halogens is 1. The van der Waals surface area contributed by atoms with Crippen molar-refractivity contribution in [3.8, 4) is 11.3 Å². The van der Waals surface area contributed by atoms with Crippen molar-refractivity contribution in [2.75, 3.05) is 33.4 Å². The predicted molar refractivity (Wildman–Crippen MR) is 140 cm³/mol. The molecule has 0 bridgehead atoms. The second kappa shape index (κ2) is 9.78. The van der Waals surface area contributed by atoms with Crippen LogP contribution in [-0.4, -0.2) is 54.8 Å². The van der Waals surface area contributed by atoms with Crippen LogP contribution in [0.5, 0.6) is 0 Å². The van der Waals surface area contributed by atoms with E-state index in [2.05, 4.69) is 4.57 Å². The van der Waals surface area contributed by atoms with Crippen molar-refractivity contribution < 1.29 is 23.5 Å².